The predicted octanol–water partition coefficient (Wildman–Crippen LogP) is 6.70. The third-order valence-corrected chi connectivity index (χ3v) is 14.1. The van der Waals surface area contributed by atoms with Crippen LogP contribution in [0.25, 0.3) is 22.0 Å². The average molecular weight is 940 g/mol. The minimum Gasteiger partial charge on any atom is -0.488 e. The van der Waals surface area contributed by atoms with Crippen molar-refractivity contribution in [3.8, 4) is 28.4 Å². The zero-order valence-electron chi connectivity index (χ0n) is 37.2. The summed E-state index contributed by atoms with van der Waals surface area (Å²) < 4.78 is 52.7. The molecule has 0 radical (unpaired) electrons. The van der Waals surface area contributed by atoms with Gasteiger partial charge in [0.25, 0.3) is 0 Å². The summed E-state index contributed by atoms with van der Waals surface area (Å²) in [5.74, 6) is -2.72. The molecule has 9 rings (SSSR count). The van der Waals surface area contributed by atoms with Crippen molar-refractivity contribution in [2.24, 2.45) is 18.7 Å². The fraction of sp³-hybridized carbons (Fsp3) is 0.408. The predicted molar refractivity (Wildman–Crippen MR) is 245 cm³/mol. The Morgan fingerprint density at radius 2 is 1.73 bits per heavy atom. The highest BCUT2D eigenvalue weighted by atomic mass is 35.5. The maximum atomic E-state index is 16.4. The second-order valence-electron chi connectivity index (χ2n) is 17.7. The summed E-state index contributed by atoms with van der Waals surface area (Å²) in [5, 5.41) is 20.4. The molecule has 5 N–H and O–H groups in total. The number of aliphatic hydroxyl groups is 1. The van der Waals surface area contributed by atoms with E-state index < -0.39 is 46.7 Å². The van der Waals surface area contributed by atoms with Gasteiger partial charge in [-0.25, -0.2) is 13.6 Å². The fourth-order valence-electron chi connectivity index (χ4n) is 10.3. The molecule has 4 heterocycles. The van der Waals surface area contributed by atoms with Gasteiger partial charge >= 0.3 is 6.03 Å². The Bertz CT molecular complexity index is 2740. The van der Waals surface area contributed by atoms with Gasteiger partial charge in [-0.05, 0) is 55.5 Å². The summed E-state index contributed by atoms with van der Waals surface area (Å²) in [4.78, 5) is 54.5. The van der Waals surface area contributed by atoms with Crippen LogP contribution in [-0.4, -0.2) is 95.1 Å². The number of aromatic nitrogens is 2. The quantitative estimate of drug-likeness (QED) is 0.0989. The second kappa shape index (κ2) is 18.8. The number of halogens is 3. The van der Waals surface area contributed by atoms with Crippen molar-refractivity contribution >= 4 is 52.1 Å². The van der Waals surface area contributed by atoms with Gasteiger partial charge in [-0.2, -0.15) is 5.10 Å². The number of ether oxygens (including phenoxy) is 3. The number of benzene rings is 4. The molecule has 3 fully saturated rings. The van der Waals surface area contributed by atoms with Crippen LogP contribution in [0.15, 0.2) is 66.7 Å². The van der Waals surface area contributed by atoms with Gasteiger partial charge in [-0.1, -0.05) is 54.9 Å². The summed E-state index contributed by atoms with van der Waals surface area (Å²) in [6, 6.07) is 18.3. The van der Waals surface area contributed by atoms with E-state index in [2.05, 4.69) is 15.7 Å². The normalized spacial score (nSPS) is 22.1. The molecule has 0 spiro atoms. The standard InChI is InChI=1S/C49H52ClF2N7O8/c1-27-39-37(25-34(51)42(50)41(39)40-32(45(53)62)15-16-35(43(40)52)65-24-23-60)67-49(27,29-7-4-3-5-8-29)26-54-30-13-11-28(12-14-30)47(63)58-20-17-31(18-21-58)66-36-10-6-9-33-44(36)57(2)56-46(33)59-22-19-38(61)55-48(59)64/h3-10,15-16,25,27-28,30-31,54,60H,11-14,17-24,26H2,1-2H3,(H2,53,62)(H,55,61,64). The van der Waals surface area contributed by atoms with Gasteiger partial charge in [0.05, 0.1) is 17.2 Å². The molecule has 4 aromatic carbocycles. The molecule has 15 nitrogen and oxygen atoms in total. The van der Waals surface area contributed by atoms with E-state index >= 15 is 8.78 Å². The fourth-order valence-corrected chi connectivity index (χ4v) is 10.6. The number of hydrogen-bond acceptors (Lipinski definition) is 10. The summed E-state index contributed by atoms with van der Waals surface area (Å²) in [6.07, 6.45) is 4.19. The number of nitrogens with zero attached hydrogens (tertiary/aromatic N) is 4. The number of para-hydroxylation sites is 1. The minimum atomic E-state index is -1.13. The Labute approximate surface area is 390 Å². The summed E-state index contributed by atoms with van der Waals surface area (Å²) in [7, 11) is 1.79. The lowest BCUT2D eigenvalue weighted by atomic mass is 9.77. The first-order valence-corrected chi connectivity index (χ1v) is 23.1. The van der Waals surface area contributed by atoms with Crippen LogP contribution in [0.5, 0.6) is 17.2 Å². The van der Waals surface area contributed by atoms with Crippen molar-refractivity contribution < 1.29 is 47.3 Å². The molecular weight excluding hydrogens is 888 g/mol. The van der Waals surface area contributed by atoms with Gasteiger partial charge in [-0.3, -0.25) is 29.3 Å². The summed E-state index contributed by atoms with van der Waals surface area (Å²) in [6.45, 7) is 2.91. The number of urea groups is 1. The lowest BCUT2D eigenvalue weighted by Gasteiger charge is -2.38. The second-order valence-corrected chi connectivity index (χ2v) is 18.1. The van der Waals surface area contributed by atoms with E-state index in [1.165, 1.54) is 23.1 Å². The lowest BCUT2D eigenvalue weighted by molar-refractivity contribution is -0.138. The number of anilines is 1. The molecule has 0 bridgehead atoms. The number of nitrogens with two attached hydrogens (primary N) is 1. The molecule has 5 aromatic rings. The van der Waals surface area contributed by atoms with E-state index in [9.17, 15) is 24.3 Å². The van der Waals surface area contributed by atoms with Crippen LogP contribution in [0.3, 0.4) is 0 Å². The van der Waals surface area contributed by atoms with Gasteiger partial charge in [-0.15, -0.1) is 0 Å². The van der Waals surface area contributed by atoms with E-state index in [4.69, 9.17) is 31.5 Å². The Hall–Kier alpha value is -6.30. The van der Waals surface area contributed by atoms with Crippen LogP contribution < -0.4 is 35.5 Å². The van der Waals surface area contributed by atoms with Crippen LogP contribution in [0.2, 0.25) is 5.02 Å². The molecule has 5 amide bonds. The number of nitrogens with one attached hydrogen (secondary N) is 2. The number of aryl methyl sites for hydroxylation is 1. The third kappa shape index (κ3) is 8.52. The highest BCUT2D eigenvalue weighted by molar-refractivity contribution is 6.34. The van der Waals surface area contributed by atoms with Crippen LogP contribution in [-0.2, 0) is 22.2 Å². The number of carbonyl (C=O) groups excluding carboxylic acids is 4. The zero-order valence-corrected chi connectivity index (χ0v) is 37.9. The Balaban J connectivity index is 0.859. The van der Waals surface area contributed by atoms with Gasteiger partial charge < -0.3 is 35.3 Å². The maximum absolute atomic E-state index is 16.4. The topological polar surface area (TPSA) is 191 Å². The van der Waals surface area contributed by atoms with Crippen LogP contribution in [0.1, 0.15) is 79.3 Å². The number of amides is 5. The molecule has 3 aliphatic heterocycles. The maximum Gasteiger partial charge on any atom is 0.329 e. The molecule has 4 aliphatic rings. The zero-order chi connectivity index (χ0) is 47.1. The number of fused-ring (bicyclic) bond motifs is 2. The average Bonchev–Trinajstić information content (AvgIpc) is 3.81. The van der Waals surface area contributed by atoms with E-state index in [0.717, 1.165) is 29.3 Å². The number of hydrogen-bond donors (Lipinski definition) is 4. The van der Waals surface area contributed by atoms with Crippen molar-refractivity contribution in [2.45, 2.75) is 75.5 Å². The molecule has 2 saturated heterocycles. The van der Waals surface area contributed by atoms with Gasteiger partial charge in [0.15, 0.2) is 23.0 Å². The molecule has 18 heteroatoms. The highest BCUT2D eigenvalue weighted by Crippen LogP contribution is 2.56. The van der Waals surface area contributed by atoms with Crippen molar-refractivity contribution in [1.82, 2.24) is 25.3 Å². The molecule has 352 valence electrons. The van der Waals surface area contributed by atoms with Crippen molar-refractivity contribution in [1.29, 1.82) is 0 Å². The first kappa shape index (κ1) is 45.8. The van der Waals surface area contributed by atoms with Crippen molar-refractivity contribution in [3.05, 3.63) is 100 Å². The number of piperidine rings is 1. The molecule has 2 unspecified atom stereocenters. The molecule has 1 aromatic heterocycles. The van der Waals surface area contributed by atoms with E-state index in [-0.39, 0.29) is 84.2 Å². The highest BCUT2D eigenvalue weighted by Gasteiger charge is 2.50. The first-order valence-electron chi connectivity index (χ1n) is 22.7. The Kier molecular flexibility index (Phi) is 12.8. The number of imide groups is 1. The van der Waals surface area contributed by atoms with Crippen molar-refractivity contribution in [2.75, 3.05) is 44.3 Å². The molecule has 67 heavy (non-hydrogen) atoms. The van der Waals surface area contributed by atoms with Crippen LogP contribution in [0, 0.1) is 17.6 Å². The van der Waals surface area contributed by atoms with Crippen LogP contribution in [0.4, 0.5) is 19.4 Å². The number of rotatable bonds is 13. The monoisotopic (exact) mass is 939 g/mol. The van der Waals surface area contributed by atoms with Gasteiger partial charge in [0.2, 0.25) is 17.7 Å². The number of primary amides is 1. The number of carbonyl (C=O) groups is 4. The third-order valence-electron chi connectivity index (χ3n) is 13.8. The largest absolute Gasteiger partial charge is 0.488 e. The van der Waals surface area contributed by atoms with E-state index in [1.807, 2.05) is 60.4 Å². The number of aliphatic hydroxyl groups excluding tert-OH is 1. The minimum absolute atomic E-state index is 0.0318. The molecule has 1 aliphatic carbocycles. The SMILES string of the molecule is CC1c2c(cc(F)c(Cl)c2-c2c(C(N)=O)ccc(OCCO)c2F)OC1(CNC1CCC(C(=O)N2CCC(Oc3cccc4c(N5CCC(=O)NC5=O)nn(C)c34)CC2)CC1)c1ccccc1. The Morgan fingerprint density at radius 1 is 0.985 bits per heavy atom. The van der Waals surface area contributed by atoms with Gasteiger partial charge in [0, 0.05) is 98.5 Å². The first-order chi connectivity index (χ1) is 32.3. The molecule has 1 saturated carbocycles. The molecular formula is C49H52ClF2N7O8. The smallest absolute Gasteiger partial charge is 0.329 e. The number of likely N-dealkylation sites (tertiary alicyclic amines) is 1. The lowest BCUT2D eigenvalue weighted by Crippen LogP contribution is -2.49. The van der Waals surface area contributed by atoms with Gasteiger partial charge in [0.1, 0.15) is 35.5 Å². The van der Waals surface area contributed by atoms with Crippen molar-refractivity contribution in [3.63, 3.8) is 0 Å². The van der Waals surface area contributed by atoms with E-state index in [0.29, 0.717) is 55.9 Å². The summed E-state index contributed by atoms with van der Waals surface area (Å²) >= 11 is 6.70. The summed E-state index contributed by atoms with van der Waals surface area (Å²) in [5.41, 5.74) is 5.93. The molecule has 2 atom stereocenters. The Morgan fingerprint density at radius 3 is 2.43 bits per heavy atom. The van der Waals surface area contributed by atoms with Crippen LogP contribution >= 0.6 is 11.6 Å². The van der Waals surface area contributed by atoms with E-state index in [1.54, 1.807) is 11.7 Å².